The summed E-state index contributed by atoms with van der Waals surface area (Å²) in [4.78, 5) is 12.3. The van der Waals surface area contributed by atoms with Crippen molar-refractivity contribution in [3.63, 3.8) is 0 Å². The van der Waals surface area contributed by atoms with Gasteiger partial charge < -0.3 is 10.4 Å². The number of amides is 1. The van der Waals surface area contributed by atoms with Crippen molar-refractivity contribution in [1.82, 2.24) is 5.32 Å². The number of allylic oxidation sites excluding steroid dienone is 4. The van der Waals surface area contributed by atoms with Gasteiger partial charge in [0.25, 0.3) is 0 Å². The fourth-order valence-corrected chi connectivity index (χ4v) is 10.9. The number of hydrogen-bond donors (Lipinski definition) is 2. The molecule has 1 aromatic carbocycles. The maximum Gasteiger partial charge on any atom is 0.220 e. The van der Waals surface area contributed by atoms with E-state index in [0.717, 1.165) is 48.1 Å². The molecule has 48 heavy (non-hydrogen) atoms. The zero-order chi connectivity index (χ0) is 34.7. The molecule has 3 nitrogen and oxygen atoms in total. The van der Waals surface area contributed by atoms with E-state index in [0.29, 0.717) is 24.3 Å². The van der Waals surface area contributed by atoms with Crippen molar-refractivity contribution in [2.45, 2.75) is 164 Å². The predicted molar refractivity (Wildman–Crippen MR) is 203 cm³/mol. The smallest absolute Gasteiger partial charge is 0.220 e. The van der Waals surface area contributed by atoms with Crippen LogP contribution in [0.1, 0.15) is 163 Å². The summed E-state index contributed by atoms with van der Waals surface area (Å²) in [6, 6.07) is 8.59. The van der Waals surface area contributed by atoms with Gasteiger partial charge in [-0.2, -0.15) is 0 Å². The second-order valence-corrected chi connectivity index (χ2v) is 17.9. The summed E-state index contributed by atoms with van der Waals surface area (Å²) in [6.07, 6.45) is 22.0. The first-order valence-corrected chi connectivity index (χ1v) is 20.0. The van der Waals surface area contributed by atoms with Crippen LogP contribution in [0, 0.1) is 39.9 Å². The number of carbonyl (C=O) groups is 1. The molecule has 3 heteroatoms. The van der Waals surface area contributed by atoms with E-state index < -0.39 is 6.10 Å². The van der Waals surface area contributed by atoms with Gasteiger partial charge in [-0.1, -0.05) is 142 Å². The minimum atomic E-state index is -0.440. The van der Waals surface area contributed by atoms with Crippen LogP contribution in [0.25, 0.3) is 6.08 Å². The first kappa shape index (κ1) is 37.1. The SMILES string of the molecule is CCCCCCCC(=O)NCc1ccc(/C=C2\C[C@]3(C)C4=C(CC[C@H]3C(C)(C)[C@H]2O)C2=CC[C@H]([C@H](C)CCCC(C)C)[C@@]2(C)CC4)cc1. The molecule has 4 aliphatic carbocycles. The molecule has 0 unspecified atom stereocenters. The molecule has 0 bridgehead atoms. The molecule has 1 fully saturated rings. The molecule has 266 valence electrons. The quantitative estimate of drug-likeness (QED) is 0.196. The number of carbonyl (C=O) groups excluding carboxylic acids is 1. The van der Waals surface area contributed by atoms with Crippen LogP contribution < -0.4 is 5.32 Å². The molecule has 1 saturated carbocycles. The van der Waals surface area contributed by atoms with Crippen LogP contribution >= 0.6 is 0 Å². The lowest BCUT2D eigenvalue weighted by Gasteiger charge is -2.60. The van der Waals surface area contributed by atoms with Gasteiger partial charge in [0.05, 0.1) is 6.10 Å². The number of nitrogens with one attached hydrogen (secondary N) is 1. The minimum Gasteiger partial charge on any atom is -0.388 e. The Morgan fingerprint density at radius 2 is 1.69 bits per heavy atom. The Morgan fingerprint density at radius 1 is 0.958 bits per heavy atom. The molecule has 0 spiro atoms. The molecule has 5 rings (SSSR count). The van der Waals surface area contributed by atoms with Gasteiger partial charge in [0.2, 0.25) is 5.91 Å². The van der Waals surface area contributed by atoms with E-state index in [4.69, 9.17) is 0 Å². The molecule has 0 aliphatic heterocycles. The molecule has 2 N–H and O–H groups in total. The second kappa shape index (κ2) is 15.4. The fraction of sp³-hybridized carbons (Fsp3) is 0.711. The third kappa shape index (κ3) is 7.62. The van der Waals surface area contributed by atoms with Gasteiger partial charge in [-0.3, -0.25) is 4.79 Å². The third-order valence-corrected chi connectivity index (χ3v) is 13.7. The van der Waals surface area contributed by atoms with E-state index in [2.05, 4.69) is 97.1 Å². The number of fused-ring (bicyclic) bond motifs is 4. The summed E-state index contributed by atoms with van der Waals surface area (Å²) in [7, 11) is 0. The monoisotopic (exact) mass is 656 g/mol. The van der Waals surface area contributed by atoms with Crippen molar-refractivity contribution in [2.75, 3.05) is 0 Å². The Morgan fingerprint density at radius 3 is 2.40 bits per heavy atom. The molecule has 6 atom stereocenters. The highest BCUT2D eigenvalue weighted by molar-refractivity contribution is 5.75. The molecule has 4 aliphatic rings. The predicted octanol–water partition coefficient (Wildman–Crippen LogP) is 11.8. The van der Waals surface area contributed by atoms with Crippen molar-refractivity contribution in [3.8, 4) is 0 Å². The Bertz CT molecular complexity index is 1360. The summed E-state index contributed by atoms with van der Waals surface area (Å²) < 4.78 is 0. The van der Waals surface area contributed by atoms with Crippen molar-refractivity contribution in [1.29, 1.82) is 0 Å². The average molecular weight is 656 g/mol. The first-order valence-electron chi connectivity index (χ1n) is 20.0. The summed E-state index contributed by atoms with van der Waals surface area (Å²) >= 11 is 0. The Labute approximate surface area is 294 Å². The van der Waals surface area contributed by atoms with Crippen LogP contribution in [0.5, 0.6) is 0 Å². The zero-order valence-electron chi connectivity index (χ0n) is 32.0. The summed E-state index contributed by atoms with van der Waals surface area (Å²) in [5.74, 6) is 2.97. The number of hydrogen-bond acceptors (Lipinski definition) is 2. The lowest BCUT2D eigenvalue weighted by molar-refractivity contribution is -0.121. The topological polar surface area (TPSA) is 49.3 Å². The number of aliphatic hydroxyl groups excluding tert-OH is 1. The molecule has 1 amide bonds. The number of aliphatic hydroxyl groups is 1. The zero-order valence-corrected chi connectivity index (χ0v) is 32.0. The maximum absolute atomic E-state index is 12.3. The third-order valence-electron chi connectivity index (χ3n) is 13.7. The molecular formula is C45H69NO2. The van der Waals surface area contributed by atoms with Crippen molar-refractivity contribution >= 4 is 12.0 Å². The normalized spacial score (nSPS) is 30.9. The highest BCUT2D eigenvalue weighted by Gasteiger charge is 2.58. The number of benzene rings is 1. The van der Waals surface area contributed by atoms with E-state index in [1.165, 1.54) is 76.2 Å². The summed E-state index contributed by atoms with van der Waals surface area (Å²) in [5, 5.41) is 15.0. The van der Waals surface area contributed by atoms with Crippen molar-refractivity contribution in [2.24, 2.45) is 39.9 Å². The van der Waals surface area contributed by atoms with Crippen LogP contribution in [0.3, 0.4) is 0 Å². The fourth-order valence-electron chi connectivity index (χ4n) is 10.9. The van der Waals surface area contributed by atoms with Crippen LogP contribution in [0.4, 0.5) is 0 Å². The summed E-state index contributed by atoms with van der Waals surface area (Å²) in [5.41, 5.74) is 8.79. The van der Waals surface area contributed by atoms with Gasteiger partial charge in [-0.25, -0.2) is 0 Å². The van der Waals surface area contributed by atoms with Gasteiger partial charge in [0.15, 0.2) is 0 Å². The highest BCUT2D eigenvalue weighted by atomic mass is 16.3. The van der Waals surface area contributed by atoms with Crippen LogP contribution in [-0.4, -0.2) is 17.1 Å². The molecule has 0 saturated heterocycles. The lowest BCUT2D eigenvalue weighted by atomic mass is 9.45. The van der Waals surface area contributed by atoms with E-state index in [9.17, 15) is 9.90 Å². The second-order valence-electron chi connectivity index (χ2n) is 17.9. The largest absolute Gasteiger partial charge is 0.388 e. The lowest BCUT2D eigenvalue weighted by Crippen LogP contribution is -2.54. The molecule has 0 radical (unpaired) electrons. The van der Waals surface area contributed by atoms with E-state index >= 15 is 0 Å². The van der Waals surface area contributed by atoms with Gasteiger partial charge in [-0.15, -0.1) is 0 Å². The van der Waals surface area contributed by atoms with Gasteiger partial charge in [-0.05, 0) is 113 Å². The van der Waals surface area contributed by atoms with Crippen molar-refractivity contribution < 1.29 is 9.90 Å². The molecule has 0 heterocycles. The van der Waals surface area contributed by atoms with Gasteiger partial charge in [0.1, 0.15) is 0 Å². The van der Waals surface area contributed by atoms with Crippen LogP contribution in [-0.2, 0) is 11.3 Å². The number of rotatable bonds is 14. The molecule has 0 aromatic heterocycles. The Balaban J connectivity index is 1.30. The highest BCUT2D eigenvalue weighted by Crippen LogP contribution is 2.67. The van der Waals surface area contributed by atoms with Crippen molar-refractivity contribution in [3.05, 3.63) is 63.8 Å². The number of unbranched alkanes of at least 4 members (excludes halogenated alkanes) is 4. The maximum atomic E-state index is 12.3. The molecule has 1 aromatic rings. The van der Waals surface area contributed by atoms with Crippen LogP contribution in [0.2, 0.25) is 0 Å². The first-order chi connectivity index (χ1) is 22.8. The van der Waals surface area contributed by atoms with E-state index in [1.807, 2.05) is 0 Å². The van der Waals surface area contributed by atoms with Gasteiger partial charge in [0, 0.05) is 13.0 Å². The standard InChI is InChI=1S/C45H69NO2/c1-9-10-11-12-13-17-41(47)46-30-34-20-18-33(19-21-34)28-35-29-45(8)39-26-27-44(7)37(32(4)16-14-15-31(2)3)23-24-38(44)36(39)22-25-40(45)43(5,6)42(35)48/h18-21,24,28,31-32,37,40,42,48H,9-17,22-23,25-27,29-30H2,1-8H3,(H,46,47)/b35-28+/t32-,37-,40+,42+,44-,45-/m1/s1. The molecular weight excluding hydrogens is 587 g/mol. The summed E-state index contributed by atoms with van der Waals surface area (Å²) in [6.45, 7) is 19.8. The Kier molecular flexibility index (Phi) is 11.9. The average Bonchev–Trinajstić information content (AvgIpc) is 3.40. The van der Waals surface area contributed by atoms with Crippen LogP contribution in [0.15, 0.2) is 52.6 Å². The van der Waals surface area contributed by atoms with E-state index in [1.54, 1.807) is 16.7 Å². The Hall–Kier alpha value is -2.13. The van der Waals surface area contributed by atoms with Gasteiger partial charge >= 0.3 is 0 Å². The van der Waals surface area contributed by atoms with E-state index in [-0.39, 0.29) is 16.7 Å². The minimum absolute atomic E-state index is 0.0754.